The second-order valence-electron chi connectivity index (χ2n) is 4.37. The predicted molar refractivity (Wildman–Crippen MR) is 82.5 cm³/mol. The molecule has 0 saturated carbocycles. The molecule has 18 heavy (non-hydrogen) atoms. The second kappa shape index (κ2) is 6.78. The summed E-state index contributed by atoms with van der Waals surface area (Å²) in [6.07, 6.45) is 2.11. The summed E-state index contributed by atoms with van der Waals surface area (Å²) in [5.41, 5.74) is 2.71. The van der Waals surface area contributed by atoms with Crippen molar-refractivity contribution >= 4 is 32.9 Å². The molecule has 1 aliphatic rings. The first kappa shape index (κ1) is 15.8. The van der Waals surface area contributed by atoms with Crippen molar-refractivity contribution in [3.63, 3.8) is 0 Å². The van der Waals surface area contributed by atoms with E-state index in [9.17, 15) is 0 Å². The SMILES string of the molecule is Br.COc1cc2c(c(Br)c1OC)CCN(C)CC2. The molecule has 0 bridgehead atoms. The molecule has 102 valence electrons. The Balaban J connectivity index is 0.00000162. The van der Waals surface area contributed by atoms with Crippen LogP contribution in [0.2, 0.25) is 0 Å². The average molecular weight is 381 g/mol. The topological polar surface area (TPSA) is 21.7 Å². The molecule has 0 aromatic heterocycles. The lowest BCUT2D eigenvalue weighted by Gasteiger charge is -2.15. The molecule has 0 unspecified atom stereocenters. The van der Waals surface area contributed by atoms with E-state index >= 15 is 0 Å². The number of likely N-dealkylation sites (N-methyl/N-ethyl adjacent to an activating group) is 1. The van der Waals surface area contributed by atoms with Gasteiger partial charge in [-0.2, -0.15) is 0 Å². The van der Waals surface area contributed by atoms with Crippen LogP contribution in [0, 0.1) is 0 Å². The molecule has 3 nitrogen and oxygen atoms in total. The zero-order valence-corrected chi connectivity index (χ0v) is 14.3. The van der Waals surface area contributed by atoms with Gasteiger partial charge in [0.25, 0.3) is 0 Å². The molecule has 0 spiro atoms. The molecule has 1 aromatic carbocycles. The minimum absolute atomic E-state index is 0. The number of rotatable bonds is 2. The predicted octanol–water partition coefficient (Wildman–Crippen LogP) is 3.07. The highest BCUT2D eigenvalue weighted by Crippen LogP contribution is 2.40. The number of methoxy groups -OCH3 is 2. The van der Waals surface area contributed by atoms with Crippen LogP contribution in [0.1, 0.15) is 11.1 Å². The van der Waals surface area contributed by atoms with Crippen LogP contribution in [0.5, 0.6) is 11.5 Å². The first-order valence-electron chi connectivity index (χ1n) is 5.78. The lowest BCUT2D eigenvalue weighted by atomic mass is 10.0. The van der Waals surface area contributed by atoms with Gasteiger partial charge in [-0.1, -0.05) is 0 Å². The van der Waals surface area contributed by atoms with Crippen molar-refractivity contribution in [3.05, 3.63) is 21.7 Å². The summed E-state index contributed by atoms with van der Waals surface area (Å²) >= 11 is 3.65. The first-order chi connectivity index (χ1) is 8.17. The van der Waals surface area contributed by atoms with Crippen molar-refractivity contribution in [2.24, 2.45) is 0 Å². The number of fused-ring (bicyclic) bond motifs is 1. The van der Waals surface area contributed by atoms with Gasteiger partial charge in [-0.25, -0.2) is 0 Å². The minimum Gasteiger partial charge on any atom is -0.493 e. The summed E-state index contributed by atoms with van der Waals surface area (Å²) in [7, 11) is 5.52. The zero-order chi connectivity index (χ0) is 12.4. The van der Waals surface area contributed by atoms with Crippen LogP contribution < -0.4 is 9.47 Å². The van der Waals surface area contributed by atoms with Crippen LogP contribution in [0.3, 0.4) is 0 Å². The van der Waals surface area contributed by atoms with Gasteiger partial charge in [0.1, 0.15) is 0 Å². The Bertz CT molecular complexity index is 424. The summed E-state index contributed by atoms with van der Waals surface area (Å²) < 4.78 is 11.8. The standard InChI is InChI=1S/C13H18BrNO2.BrH/c1-15-6-4-9-8-11(16-2)13(17-3)12(14)10(9)5-7-15;/h8H,4-7H2,1-3H3;1H. The molecule has 0 atom stereocenters. The van der Waals surface area contributed by atoms with Gasteiger partial charge in [-0.05, 0) is 53.0 Å². The summed E-state index contributed by atoms with van der Waals surface area (Å²) in [4.78, 5) is 2.35. The summed E-state index contributed by atoms with van der Waals surface area (Å²) in [6.45, 7) is 2.18. The minimum atomic E-state index is 0. The van der Waals surface area contributed by atoms with E-state index in [1.165, 1.54) is 11.1 Å². The molecule has 0 aliphatic carbocycles. The molecule has 1 aliphatic heterocycles. The van der Waals surface area contributed by atoms with Gasteiger partial charge in [0.15, 0.2) is 11.5 Å². The third kappa shape index (κ3) is 3.00. The number of ether oxygens (including phenoxy) is 2. The smallest absolute Gasteiger partial charge is 0.175 e. The Morgan fingerprint density at radius 1 is 1.17 bits per heavy atom. The zero-order valence-electron chi connectivity index (χ0n) is 11.0. The van der Waals surface area contributed by atoms with Gasteiger partial charge < -0.3 is 14.4 Å². The van der Waals surface area contributed by atoms with Crippen LogP contribution in [0.15, 0.2) is 10.5 Å². The monoisotopic (exact) mass is 379 g/mol. The maximum Gasteiger partial charge on any atom is 0.175 e. The van der Waals surface area contributed by atoms with Gasteiger partial charge >= 0.3 is 0 Å². The van der Waals surface area contributed by atoms with Crippen LogP contribution in [-0.2, 0) is 12.8 Å². The van der Waals surface area contributed by atoms with E-state index in [2.05, 4.69) is 33.9 Å². The number of hydrogen-bond donors (Lipinski definition) is 0. The number of hydrogen-bond acceptors (Lipinski definition) is 3. The molecule has 1 aromatic rings. The normalized spacial score (nSPS) is 15.3. The molecule has 0 N–H and O–H groups in total. The van der Waals surface area contributed by atoms with E-state index in [4.69, 9.17) is 9.47 Å². The number of benzene rings is 1. The van der Waals surface area contributed by atoms with E-state index in [-0.39, 0.29) is 17.0 Å². The molecule has 0 saturated heterocycles. The Labute approximate surface area is 127 Å². The first-order valence-corrected chi connectivity index (χ1v) is 6.57. The Morgan fingerprint density at radius 3 is 2.44 bits per heavy atom. The third-order valence-electron chi connectivity index (χ3n) is 3.31. The summed E-state index contributed by atoms with van der Waals surface area (Å²) in [5.74, 6) is 1.61. The van der Waals surface area contributed by atoms with E-state index in [1.807, 2.05) is 0 Å². The van der Waals surface area contributed by atoms with E-state index < -0.39 is 0 Å². The fourth-order valence-corrected chi connectivity index (χ4v) is 3.07. The van der Waals surface area contributed by atoms with Crippen molar-refractivity contribution < 1.29 is 9.47 Å². The maximum atomic E-state index is 5.42. The molecular weight excluding hydrogens is 362 g/mol. The highest BCUT2D eigenvalue weighted by Gasteiger charge is 2.20. The molecule has 5 heteroatoms. The highest BCUT2D eigenvalue weighted by molar-refractivity contribution is 9.10. The lowest BCUT2D eigenvalue weighted by molar-refractivity contribution is 0.352. The lowest BCUT2D eigenvalue weighted by Crippen LogP contribution is -2.20. The molecule has 1 heterocycles. The van der Waals surface area contributed by atoms with Crippen molar-refractivity contribution in [2.75, 3.05) is 34.4 Å². The van der Waals surface area contributed by atoms with Crippen molar-refractivity contribution in [1.29, 1.82) is 0 Å². The summed E-state index contributed by atoms with van der Waals surface area (Å²) in [5, 5.41) is 0. The van der Waals surface area contributed by atoms with Crippen molar-refractivity contribution in [1.82, 2.24) is 4.90 Å². The quantitative estimate of drug-likeness (QED) is 0.786. The largest absolute Gasteiger partial charge is 0.493 e. The fraction of sp³-hybridized carbons (Fsp3) is 0.538. The maximum absolute atomic E-state index is 5.42. The summed E-state index contributed by atoms with van der Waals surface area (Å²) in [6, 6.07) is 2.11. The third-order valence-corrected chi connectivity index (χ3v) is 4.15. The Hall–Kier alpha value is -0.260. The van der Waals surface area contributed by atoms with Gasteiger partial charge in [0.05, 0.1) is 18.7 Å². The van der Waals surface area contributed by atoms with Crippen molar-refractivity contribution in [3.8, 4) is 11.5 Å². The van der Waals surface area contributed by atoms with Gasteiger partial charge in [0, 0.05) is 13.1 Å². The van der Waals surface area contributed by atoms with Crippen LogP contribution >= 0.6 is 32.9 Å². The number of halogens is 2. The van der Waals surface area contributed by atoms with Crippen molar-refractivity contribution in [2.45, 2.75) is 12.8 Å². The molecule has 0 amide bonds. The molecular formula is C13H19Br2NO2. The fourth-order valence-electron chi connectivity index (χ4n) is 2.26. The molecule has 0 radical (unpaired) electrons. The average Bonchev–Trinajstić information content (AvgIpc) is 2.51. The number of nitrogens with zero attached hydrogens (tertiary/aromatic N) is 1. The van der Waals surface area contributed by atoms with Crippen LogP contribution in [0.25, 0.3) is 0 Å². The second-order valence-corrected chi connectivity index (χ2v) is 5.16. The van der Waals surface area contributed by atoms with Gasteiger partial charge in [0.2, 0.25) is 0 Å². The highest BCUT2D eigenvalue weighted by atomic mass is 79.9. The van der Waals surface area contributed by atoms with E-state index in [0.717, 1.165) is 41.9 Å². The Morgan fingerprint density at radius 2 is 1.83 bits per heavy atom. The van der Waals surface area contributed by atoms with Gasteiger partial charge in [-0.15, -0.1) is 17.0 Å². The Kier molecular flexibility index (Phi) is 5.95. The van der Waals surface area contributed by atoms with E-state index in [1.54, 1.807) is 14.2 Å². The van der Waals surface area contributed by atoms with Crippen LogP contribution in [-0.4, -0.2) is 39.3 Å². The van der Waals surface area contributed by atoms with Gasteiger partial charge in [-0.3, -0.25) is 0 Å². The molecule has 2 rings (SSSR count). The van der Waals surface area contributed by atoms with E-state index in [0.29, 0.717) is 0 Å². The molecule has 0 fully saturated rings. The van der Waals surface area contributed by atoms with Crippen LogP contribution in [0.4, 0.5) is 0 Å².